The van der Waals surface area contributed by atoms with E-state index in [1.54, 1.807) is 7.11 Å². The SMILES string of the molecule is COc1ccc([S+]([O-])Cc2cn(CCCN(C)C)nn2)cc1. The maximum Gasteiger partial charge on any atom is 0.156 e. The van der Waals surface area contributed by atoms with Crippen LogP contribution in [0.15, 0.2) is 35.4 Å². The zero-order valence-corrected chi connectivity index (χ0v) is 14.0. The van der Waals surface area contributed by atoms with Crippen LogP contribution in [0, 0.1) is 0 Å². The lowest BCUT2D eigenvalue weighted by atomic mass is 10.3. The van der Waals surface area contributed by atoms with E-state index in [2.05, 4.69) is 15.2 Å². The van der Waals surface area contributed by atoms with Crippen molar-refractivity contribution in [1.29, 1.82) is 0 Å². The van der Waals surface area contributed by atoms with Crippen molar-refractivity contribution in [2.75, 3.05) is 27.7 Å². The molecule has 0 radical (unpaired) electrons. The Morgan fingerprint density at radius 1 is 1.27 bits per heavy atom. The van der Waals surface area contributed by atoms with Crippen molar-refractivity contribution in [1.82, 2.24) is 19.9 Å². The van der Waals surface area contributed by atoms with Gasteiger partial charge in [-0.2, -0.15) is 0 Å². The van der Waals surface area contributed by atoms with Crippen LogP contribution in [0.5, 0.6) is 5.75 Å². The summed E-state index contributed by atoms with van der Waals surface area (Å²) in [5, 5.41) is 8.18. The zero-order valence-electron chi connectivity index (χ0n) is 13.2. The molecule has 0 fully saturated rings. The first kappa shape index (κ1) is 16.8. The van der Waals surface area contributed by atoms with E-state index in [1.165, 1.54) is 0 Å². The standard InChI is InChI=1S/C15H22N4O2S/c1-18(2)9-4-10-19-11-13(16-17-19)12-22(20)15-7-5-14(21-3)6-8-15/h5-8,11H,4,9-10,12H2,1-3H3. The molecule has 120 valence electrons. The number of benzene rings is 1. The predicted octanol–water partition coefficient (Wildman–Crippen LogP) is 1.55. The van der Waals surface area contributed by atoms with Gasteiger partial charge >= 0.3 is 0 Å². The van der Waals surface area contributed by atoms with Gasteiger partial charge < -0.3 is 14.2 Å². The normalized spacial score (nSPS) is 12.6. The van der Waals surface area contributed by atoms with Gasteiger partial charge in [0, 0.05) is 6.54 Å². The Hall–Kier alpha value is -1.57. The van der Waals surface area contributed by atoms with E-state index >= 15 is 0 Å². The third-order valence-corrected chi connectivity index (χ3v) is 4.54. The first-order valence-corrected chi connectivity index (χ1v) is 8.46. The molecule has 1 heterocycles. The molecule has 0 aliphatic rings. The average molecular weight is 322 g/mol. The third kappa shape index (κ3) is 5.01. The summed E-state index contributed by atoms with van der Waals surface area (Å²) in [6.07, 6.45) is 2.88. The Bertz CT molecular complexity index is 571. The van der Waals surface area contributed by atoms with Crippen molar-refractivity contribution in [2.45, 2.75) is 23.6 Å². The molecular weight excluding hydrogens is 300 g/mol. The van der Waals surface area contributed by atoms with E-state index in [9.17, 15) is 4.55 Å². The fraction of sp³-hybridized carbons (Fsp3) is 0.467. The highest BCUT2D eigenvalue weighted by molar-refractivity contribution is 7.90. The van der Waals surface area contributed by atoms with E-state index in [-0.39, 0.29) is 0 Å². The van der Waals surface area contributed by atoms with Gasteiger partial charge in [-0.05, 0) is 62.5 Å². The Labute approximate surface area is 134 Å². The molecular formula is C15H22N4O2S. The molecule has 1 atom stereocenters. The maximum absolute atomic E-state index is 12.3. The predicted molar refractivity (Wildman–Crippen MR) is 86.3 cm³/mol. The number of aromatic nitrogens is 3. The van der Waals surface area contributed by atoms with Crippen LogP contribution in [0.1, 0.15) is 12.1 Å². The van der Waals surface area contributed by atoms with Gasteiger partial charge in [-0.1, -0.05) is 5.21 Å². The fourth-order valence-corrected chi connectivity index (χ4v) is 3.02. The third-order valence-electron chi connectivity index (χ3n) is 3.18. The van der Waals surface area contributed by atoms with Crippen LogP contribution < -0.4 is 4.74 Å². The fourth-order valence-electron chi connectivity index (χ4n) is 2.01. The molecule has 1 unspecified atom stereocenters. The number of rotatable bonds is 8. The molecule has 0 aliphatic carbocycles. The largest absolute Gasteiger partial charge is 0.611 e. The van der Waals surface area contributed by atoms with Crippen molar-refractivity contribution in [3.63, 3.8) is 0 Å². The first-order valence-electron chi connectivity index (χ1n) is 7.14. The average Bonchev–Trinajstić information content (AvgIpc) is 2.94. The van der Waals surface area contributed by atoms with Gasteiger partial charge in [-0.25, -0.2) is 0 Å². The van der Waals surface area contributed by atoms with Gasteiger partial charge in [0.15, 0.2) is 10.6 Å². The van der Waals surface area contributed by atoms with Crippen LogP contribution in [-0.4, -0.2) is 52.2 Å². The van der Waals surface area contributed by atoms with Crippen LogP contribution in [-0.2, 0) is 23.5 Å². The molecule has 7 heteroatoms. The number of methoxy groups -OCH3 is 1. The lowest BCUT2D eigenvalue weighted by Crippen LogP contribution is -2.15. The number of nitrogens with zero attached hydrogens (tertiary/aromatic N) is 4. The molecule has 0 aliphatic heterocycles. The minimum Gasteiger partial charge on any atom is -0.611 e. The minimum atomic E-state index is -1.12. The molecule has 2 rings (SSSR count). The number of ether oxygens (including phenoxy) is 1. The van der Waals surface area contributed by atoms with E-state index in [1.807, 2.05) is 49.2 Å². The van der Waals surface area contributed by atoms with Crippen LogP contribution in [0.3, 0.4) is 0 Å². The molecule has 1 aromatic heterocycles. The summed E-state index contributed by atoms with van der Waals surface area (Å²) >= 11 is -1.12. The lowest BCUT2D eigenvalue weighted by Gasteiger charge is -2.09. The Balaban J connectivity index is 1.88. The summed E-state index contributed by atoms with van der Waals surface area (Å²) < 4.78 is 19.2. The minimum absolute atomic E-state index is 0.375. The summed E-state index contributed by atoms with van der Waals surface area (Å²) in [5.41, 5.74) is 0.749. The Morgan fingerprint density at radius 2 is 2.00 bits per heavy atom. The van der Waals surface area contributed by atoms with E-state index in [0.717, 1.165) is 35.8 Å². The summed E-state index contributed by atoms with van der Waals surface area (Å²) in [6.45, 7) is 1.83. The molecule has 2 aromatic rings. The van der Waals surface area contributed by atoms with E-state index in [4.69, 9.17) is 4.74 Å². The van der Waals surface area contributed by atoms with Gasteiger partial charge in [0.2, 0.25) is 0 Å². The summed E-state index contributed by atoms with van der Waals surface area (Å²) in [5.74, 6) is 1.13. The highest BCUT2D eigenvalue weighted by atomic mass is 32.2. The van der Waals surface area contributed by atoms with Gasteiger partial charge in [-0.15, -0.1) is 5.10 Å². The van der Waals surface area contributed by atoms with E-state index in [0.29, 0.717) is 5.75 Å². The maximum atomic E-state index is 12.3. The molecule has 6 nitrogen and oxygen atoms in total. The molecule has 0 N–H and O–H groups in total. The molecule has 0 saturated heterocycles. The van der Waals surface area contributed by atoms with Crippen LogP contribution >= 0.6 is 0 Å². The van der Waals surface area contributed by atoms with Gasteiger partial charge in [0.05, 0.1) is 13.3 Å². The van der Waals surface area contributed by atoms with Crippen molar-refractivity contribution in [2.24, 2.45) is 0 Å². The van der Waals surface area contributed by atoms with Crippen LogP contribution in [0.2, 0.25) is 0 Å². The molecule has 1 aromatic carbocycles. The molecule has 0 spiro atoms. The second kappa shape index (κ2) is 8.17. The van der Waals surface area contributed by atoms with Gasteiger partial charge in [-0.3, -0.25) is 4.68 Å². The van der Waals surface area contributed by atoms with Gasteiger partial charge in [0.25, 0.3) is 0 Å². The summed E-state index contributed by atoms with van der Waals surface area (Å²) in [6, 6.07) is 7.25. The topological polar surface area (TPSA) is 66.2 Å². The highest BCUT2D eigenvalue weighted by Gasteiger charge is 2.14. The summed E-state index contributed by atoms with van der Waals surface area (Å²) in [4.78, 5) is 2.90. The van der Waals surface area contributed by atoms with Crippen molar-refractivity contribution < 1.29 is 9.29 Å². The quantitative estimate of drug-likeness (QED) is 0.690. The zero-order chi connectivity index (χ0) is 15.9. The van der Waals surface area contributed by atoms with Crippen LogP contribution in [0.25, 0.3) is 0 Å². The monoisotopic (exact) mass is 322 g/mol. The Morgan fingerprint density at radius 3 is 2.64 bits per heavy atom. The lowest BCUT2D eigenvalue weighted by molar-refractivity contribution is 0.379. The number of aryl methyl sites for hydroxylation is 1. The molecule has 22 heavy (non-hydrogen) atoms. The Kier molecular flexibility index (Phi) is 6.23. The number of hydrogen-bond acceptors (Lipinski definition) is 5. The molecule has 0 saturated carbocycles. The first-order chi connectivity index (χ1) is 10.6. The van der Waals surface area contributed by atoms with Crippen LogP contribution in [0.4, 0.5) is 0 Å². The van der Waals surface area contributed by atoms with Crippen molar-refractivity contribution in [3.05, 3.63) is 36.2 Å². The second-order valence-corrected chi connectivity index (χ2v) is 6.75. The molecule has 0 bridgehead atoms. The van der Waals surface area contributed by atoms with Gasteiger partial charge in [0.1, 0.15) is 11.4 Å². The van der Waals surface area contributed by atoms with E-state index < -0.39 is 11.2 Å². The second-order valence-electron chi connectivity index (χ2n) is 5.30. The van der Waals surface area contributed by atoms with Crippen molar-refractivity contribution >= 4 is 11.2 Å². The number of hydrogen-bond donors (Lipinski definition) is 0. The molecule has 0 amide bonds. The highest BCUT2D eigenvalue weighted by Crippen LogP contribution is 2.19. The summed E-state index contributed by atoms with van der Waals surface area (Å²) in [7, 11) is 5.70. The smallest absolute Gasteiger partial charge is 0.156 e. The van der Waals surface area contributed by atoms with Crippen molar-refractivity contribution in [3.8, 4) is 5.75 Å².